The van der Waals surface area contributed by atoms with E-state index in [-0.39, 0.29) is 24.9 Å². The van der Waals surface area contributed by atoms with Gasteiger partial charge in [-0.2, -0.15) is 0 Å². The molecule has 0 heterocycles. The van der Waals surface area contributed by atoms with Crippen LogP contribution in [0.1, 0.15) is 290 Å². The number of esters is 1. The van der Waals surface area contributed by atoms with Crippen molar-refractivity contribution in [3.8, 4) is 0 Å². The Balaban J connectivity index is 4.66. The van der Waals surface area contributed by atoms with Crippen molar-refractivity contribution in [2.24, 2.45) is 0 Å². The Kier molecular flexibility index (Phi) is 52.5. The second-order valence-electron chi connectivity index (χ2n) is 19.7. The van der Waals surface area contributed by atoms with Crippen molar-refractivity contribution in [3.63, 3.8) is 0 Å². The minimum atomic E-state index is -0.800. The molecular weight excluding hydrogens is 827 g/mol. The average Bonchev–Trinajstić information content (AvgIpc) is 3.32. The van der Waals surface area contributed by atoms with Crippen LogP contribution < -0.4 is 5.32 Å². The Morgan fingerprint density at radius 2 is 0.761 bits per heavy atom. The SMILES string of the molecule is CCCCC/C=C\C/C=C\C/C=C\C/C=C\CCCC(=O)OC(CCCCCCCCC/C=C/CCCCCCCC)CC(=O)NC(CO)C(O)CCCCCCCCCCCCCCCC. The molecular formula is C61H111NO5. The van der Waals surface area contributed by atoms with Crippen molar-refractivity contribution in [2.45, 2.75) is 309 Å². The largest absolute Gasteiger partial charge is 0.462 e. The Bertz CT molecular complexity index is 1190. The maximum absolute atomic E-state index is 13.3. The number of hydrogen-bond acceptors (Lipinski definition) is 5. The number of allylic oxidation sites excluding steroid dienone is 10. The van der Waals surface area contributed by atoms with Crippen LogP contribution in [-0.4, -0.2) is 46.9 Å². The number of carbonyl (C=O) groups excluding carboxylic acids is 2. The van der Waals surface area contributed by atoms with E-state index in [1.54, 1.807) is 0 Å². The molecule has 0 aliphatic rings. The molecule has 390 valence electrons. The van der Waals surface area contributed by atoms with Crippen LogP contribution in [0, 0.1) is 0 Å². The van der Waals surface area contributed by atoms with E-state index in [0.717, 1.165) is 64.2 Å². The maximum atomic E-state index is 13.3. The van der Waals surface area contributed by atoms with Gasteiger partial charge >= 0.3 is 5.97 Å². The van der Waals surface area contributed by atoms with E-state index in [4.69, 9.17) is 4.74 Å². The number of unbranched alkanes of at least 4 members (excludes halogenated alkanes) is 30. The van der Waals surface area contributed by atoms with Gasteiger partial charge < -0.3 is 20.3 Å². The molecule has 0 aromatic carbocycles. The monoisotopic (exact) mass is 938 g/mol. The molecule has 0 spiro atoms. The van der Waals surface area contributed by atoms with Crippen molar-refractivity contribution in [3.05, 3.63) is 60.8 Å². The average molecular weight is 939 g/mol. The van der Waals surface area contributed by atoms with Gasteiger partial charge in [-0.25, -0.2) is 0 Å². The minimum absolute atomic E-state index is 0.0529. The second-order valence-corrected chi connectivity index (χ2v) is 19.7. The molecule has 0 saturated carbocycles. The van der Waals surface area contributed by atoms with E-state index in [1.165, 1.54) is 173 Å². The number of aliphatic hydroxyl groups is 2. The van der Waals surface area contributed by atoms with E-state index in [1.807, 2.05) is 0 Å². The maximum Gasteiger partial charge on any atom is 0.306 e. The zero-order chi connectivity index (χ0) is 48.8. The minimum Gasteiger partial charge on any atom is -0.462 e. The van der Waals surface area contributed by atoms with E-state index in [0.29, 0.717) is 25.7 Å². The number of rotatable bonds is 52. The summed E-state index contributed by atoms with van der Waals surface area (Å²) in [5, 5.41) is 23.9. The molecule has 6 nitrogen and oxygen atoms in total. The van der Waals surface area contributed by atoms with Crippen LogP contribution in [0.25, 0.3) is 0 Å². The molecule has 0 aliphatic heterocycles. The Morgan fingerprint density at radius 3 is 1.19 bits per heavy atom. The van der Waals surface area contributed by atoms with Gasteiger partial charge in [0.25, 0.3) is 0 Å². The van der Waals surface area contributed by atoms with Crippen LogP contribution >= 0.6 is 0 Å². The van der Waals surface area contributed by atoms with Gasteiger partial charge in [0.2, 0.25) is 5.91 Å². The lowest BCUT2D eigenvalue weighted by molar-refractivity contribution is -0.151. The third kappa shape index (κ3) is 49.8. The fourth-order valence-electron chi connectivity index (χ4n) is 8.65. The number of aliphatic hydroxyl groups excluding tert-OH is 2. The second kappa shape index (κ2) is 54.5. The fraction of sp³-hybridized carbons (Fsp3) is 0.803. The quantitative estimate of drug-likeness (QED) is 0.0321. The Labute approximate surface area is 416 Å². The van der Waals surface area contributed by atoms with Gasteiger partial charge in [-0.1, -0.05) is 248 Å². The highest BCUT2D eigenvalue weighted by Gasteiger charge is 2.24. The van der Waals surface area contributed by atoms with Crippen LogP contribution in [-0.2, 0) is 14.3 Å². The van der Waals surface area contributed by atoms with Crippen LogP contribution in [0.4, 0.5) is 0 Å². The van der Waals surface area contributed by atoms with Crippen molar-refractivity contribution in [1.29, 1.82) is 0 Å². The van der Waals surface area contributed by atoms with Crippen molar-refractivity contribution in [1.82, 2.24) is 5.32 Å². The van der Waals surface area contributed by atoms with Gasteiger partial charge in [0, 0.05) is 6.42 Å². The van der Waals surface area contributed by atoms with Crippen LogP contribution in [0.5, 0.6) is 0 Å². The zero-order valence-electron chi connectivity index (χ0n) is 44.5. The summed E-state index contributed by atoms with van der Waals surface area (Å²) in [6, 6.07) is -0.716. The molecule has 0 bridgehead atoms. The number of ether oxygens (including phenoxy) is 1. The van der Waals surface area contributed by atoms with Gasteiger partial charge in [-0.3, -0.25) is 9.59 Å². The summed E-state index contributed by atoms with van der Waals surface area (Å²) >= 11 is 0. The van der Waals surface area contributed by atoms with Crippen LogP contribution in [0.15, 0.2) is 60.8 Å². The van der Waals surface area contributed by atoms with Crippen LogP contribution in [0.2, 0.25) is 0 Å². The molecule has 0 radical (unpaired) electrons. The van der Waals surface area contributed by atoms with Crippen molar-refractivity contribution >= 4 is 11.9 Å². The third-order valence-corrected chi connectivity index (χ3v) is 13.1. The lowest BCUT2D eigenvalue weighted by atomic mass is 10.0. The van der Waals surface area contributed by atoms with E-state index in [2.05, 4.69) is 86.8 Å². The number of amides is 1. The predicted octanol–water partition coefficient (Wildman–Crippen LogP) is 18.0. The summed E-state index contributed by atoms with van der Waals surface area (Å²) in [7, 11) is 0. The molecule has 1 amide bonds. The highest BCUT2D eigenvalue weighted by molar-refractivity contribution is 5.77. The first-order chi connectivity index (χ1) is 33.0. The Morgan fingerprint density at radius 1 is 0.433 bits per heavy atom. The smallest absolute Gasteiger partial charge is 0.306 e. The summed E-state index contributed by atoms with van der Waals surface area (Å²) in [6.45, 7) is 6.46. The molecule has 3 atom stereocenters. The van der Waals surface area contributed by atoms with Gasteiger partial charge in [0.1, 0.15) is 6.10 Å². The van der Waals surface area contributed by atoms with E-state index < -0.39 is 18.2 Å². The summed E-state index contributed by atoms with van der Waals surface area (Å²) in [5.74, 6) is -0.537. The lowest BCUT2D eigenvalue weighted by Crippen LogP contribution is -2.46. The van der Waals surface area contributed by atoms with Gasteiger partial charge in [0.15, 0.2) is 0 Å². The molecule has 0 fully saturated rings. The summed E-state index contributed by atoms with van der Waals surface area (Å²) < 4.78 is 5.93. The first kappa shape index (κ1) is 64.6. The molecule has 0 aliphatic carbocycles. The highest BCUT2D eigenvalue weighted by Crippen LogP contribution is 2.18. The molecule has 67 heavy (non-hydrogen) atoms. The number of nitrogens with one attached hydrogen (secondary N) is 1. The normalized spacial score (nSPS) is 13.6. The first-order valence-corrected chi connectivity index (χ1v) is 29.0. The molecule has 0 aromatic rings. The highest BCUT2D eigenvalue weighted by atomic mass is 16.5. The zero-order valence-corrected chi connectivity index (χ0v) is 44.5. The van der Waals surface area contributed by atoms with Gasteiger partial charge in [-0.05, 0) is 89.9 Å². The third-order valence-electron chi connectivity index (χ3n) is 13.1. The number of carbonyl (C=O) groups is 2. The lowest BCUT2D eigenvalue weighted by Gasteiger charge is -2.24. The predicted molar refractivity (Wildman–Crippen MR) is 292 cm³/mol. The van der Waals surface area contributed by atoms with E-state index in [9.17, 15) is 19.8 Å². The molecule has 0 aromatic heterocycles. The molecule has 0 saturated heterocycles. The molecule has 3 N–H and O–H groups in total. The summed E-state index contributed by atoms with van der Waals surface area (Å²) in [6.07, 6.45) is 68.6. The van der Waals surface area contributed by atoms with Crippen molar-refractivity contribution < 1.29 is 24.5 Å². The topological polar surface area (TPSA) is 95.9 Å². The molecule has 6 heteroatoms. The summed E-state index contributed by atoms with van der Waals surface area (Å²) in [4.78, 5) is 26.3. The standard InChI is InChI=1S/C61H111NO5/c1-4-7-10-13-16-19-22-25-28-30-32-34-37-40-43-46-49-52-57(67-61(66)54-51-48-45-42-39-36-33-31-29-26-23-20-17-14-11-8-5-2)55-60(65)62-58(56-63)59(64)53-50-47-44-41-38-35-27-24-21-18-15-12-9-6-3/h17,20,25-26,28-29,33,36,42,45,57-59,63-64H,4-16,18-19,21-24,27,30-32,34-35,37-41,43-44,46-56H2,1-3H3,(H,62,65)/b20-17-,28-25+,29-26-,36-33-,45-42-. The number of hydrogen-bond donors (Lipinski definition) is 3. The molecule has 3 unspecified atom stereocenters. The molecule has 0 rings (SSSR count). The van der Waals surface area contributed by atoms with Gasteiger partial charge in [-0.15, -0.1) is 0 Å². The van der Waals surface area contributed by atoms with Crippen LogP contribution in [0.3, 0.4) is 0 Å². The first-order valence-electron chi connectivity index (χ1n) is 29.0. The van der Waals surface area contributed by atoms with Gasteiger partial charge in [0.05, 0.1) is 25.2 Å². The Hall–Kier alpha value is -2.44. The van der Waals surface area contributed by atoms with Crippen molar-refractivity contribution in [2.75, 3.05) is 6.61 Å². The van der Waals surface area contributed by atoms with E-state index >= 15 is 0 Å². The summed E-state index contributed by atoms with van der Waals surface area (Å²) in [5.41, 5.74) is 0. The fourth-order valence-corrected chi connectivity index (χ4v) is 8.65.